The van der Waals surface area contributed by atoms with Gasteiger partial charge in [-0.05, 0) is 29.8 Å². The summed E-state index contributed by atoms with van der Waals surface area (Å²) in [6, 6.07) is 22.6. The maximum Gasteiger partial charge on any atom is 0.343 e. The Morgan fingerprint density at radius 3 is 2.16 bits per heavy atom. The molecule has 37 heavy (non-hydrogen) atoms. The summed E-state index contributed by atoms with van der Waals surface area (Å²) < 4.78 is 7.93. The Morgan fingerprint density at radius 2 is 1.46 bits per heavy atom. The molecule has 1 aliphatic carbocycles. The number of benzene rings is 3. The molecule has 1 aromatic heterocycles. The van der Waals surface area contributed by atoms with Crippen molar-refractivity contribution in [1.82, 2.24) is 9.13 Å². The Kier molecular flexibility index (Phi) is 5.05. The maximum absolute atomic E-state index is 13.6. The molecule has 0 bridgehead atoms. The van der Waals surface area contributed by atoms with Crippen LogP contribution in [0.25, 0.3) is 5.70 Å². The monoisotopic (exact) mass is 491 g/mol. The van der Waals surface area contributed by atoms with Gasteiger partial charge in [-0.2, -0.15) is 0 Å². The van der Waals surface area contributed by atoms with Gasteiger partial charge in [-0.1, -0.05) is 54.6 Å². The molecule has 0 saturated heterocycles. The zero-order valence-corrected chi connectivity index (χ0v) is 20.0. The third-order valence-electron chi connectivity index (χ3n) is 6.91. The quantitative estimate of drug-likeness (QED) is 0.348. The number of nitrogens with one attached hydrogen (secondary N) is 1. The van der Waals surface area contributed by atoms with Gasteiger partial charge in [-0.15, -0.1) is 0 Å². The highest BCUT2D eigenvalue weighted by Gasteiger charge is 2.42. The molecular formula is C29H21N3O5. The van der Waals surface area contributed by atoms with E-state index >= 15 is 0 Å². The molecule has 0 spiro atoms. The zero-order valence-electron chi connectivity index (χ0n) is 20.0. The largest absolute Gasteiger partial charge is 0.423 e. The summed E-state index contributed by atoms with van der Waals surface area (Å²) in [5.41, 5.74) is 2.72. The van der Waals surface area contributed by atoms with Crippen LogP contribution in [0.2, 0.25) is 0 Å². The Balaban J connectivity index is 1.48. The Morgan fingerprint density at radius 1 is 0.811 bits per heavy atom. The minimum absolute atomic E-state index is 0.177. The highest BCUT2D eigenvalue weighted by Crippen LogP contribution is 2.47. The van der Waals surface area contributed by atoms with Crippen molar-refractivity contribution in [1.29, 1.82) is 0 Å². The van der Waals surface area contributed by atoms with Crippen LogP contribution >= 0.6 is 0 Å². The van der Waals surface area contributed by atoms with Crippen LogP contribution in [0.4, 0.5) is 5.82 Å². The molecule has 1 aliphatic heterocycles. The number of rotatable bonds is 3. The Hall–Kier alpha value is -4.98. The maximum atomic E-state index is 13.6. The van der Waals surface area contributed by atoms with E-state index in [1.165, 1.54) is 11.6 Å². The van der Waals surface area contributed by atoms with Gasteiger partial charge in [0, 0.05) is 36.7 Å². The molecule has 3 aromatic carbocycles. The molecule has 1 atom stereocenters. The van der Waals surface area contributed by atoms with Crippen LogP contribution in [0.15, 0.2) is 94.0 Å². The first kappa shape index (κ1) is 22.5. The average Bonchev–Trinajstić information content (AvgIpc) is 3.22. The number of aromatic nitrogens is 2. The zero-order chi connectivity index (χ0) is 25.8. The molecule has 2 aliphatic rings. The molecule has 8 nitrogen and oxygen atoms in total. The second-order valence-corrected chi connectivity index (χ2v) is 9.01. The SMILES string of the molecule is Cn1c2c(c(=O)n(C)c1=O)[C@H](c1ccc(OC(=O)c3ccccc3)cc1)C1=C(N2)c2ccccc2C1=O. The predicted molar refractivity (Wildman–Crippen MR) is 138 cm³/mol. The fourth-order valence-corrected chi connectivity index (χ4v) is 5.06. The number of hydrogen-bond donors (Lipinski definition) is 1. The minimum Gasteiger partial charge on any atom is -0.423 e. The van der Waals surface area contributed by atoms with E-state index in [9.17, 15) is 19.2 Å². The van der Waals surface area contributed by atoms with E-state index in [4.69, 9.17) is 4.74 Å². The van der Waals surface area contributed by atoms with Crippen LogP contribution in [-0.4, -0.2) is 20.9 Å². The van der Waals surface area contributed by atoms with Crippen LogP contribution in [0.3, 0.4) is 0 Å². The summed E-state index contributed by atoms with van der Waals surface area (Å²) >= 11 is 0. The number of ketones is 1. The summed E-state index contributed by atoms with van der Waals surface area (Å²) in [4.78, 5) is 52.2. The molecular weight excluding hydrogens is 470 g/mol. The van der Waals surface area contributed by atoms with E-state index in [1.54, 1.807) is 67.7 Å². The Labute approximate surface area is 211 Å². The number of anilines is 1. The van der Waals surface area contributed by atoms with Crippen molar-refractivity contribution in [2.24, 2.45) is 14.1 Å². The molecule has 2 heterocycles. The molecule has 8 heteroatoms. The second kappa shape index (κ2) is 8.30. The lowest BCUT2D eigenvalue weighted by atomic mass is 9.81. The predicted octanol–water partition coefficient (Wildman–Crippen LogP) is 3.47. The van der Waals surface area contributed by atoms with Crippen LogP contribution in [-0.2, 0) is 14.1 Å². The van der Waals surface area contributed by atoms with Crippen molar-refractivity contribution in [2.75, 3.05) is 5.32 Å². The van der Waals surface area contributed by atoms with Crippen molar-refractivity contribution in [3.05, 3.63) is 133 Å². The number of hydrogen-bond acceptors (Lipinski definition) is 6. The molecule has 6 rings (SSSR count). The lowest BCUT2D eigenvalue weighted by Crippen LogP contribution is -2.42. The Bertz CT molecular complexity index is 1760. The summed E-state index contributed by atoms with van der Waals surface area (Å²) in [7, 11) is 3.01. The lowest BCUT2D eigenvalue weighted by molar-refractivity contribution is 0.0734. The first-order valence-corrected chi connectivity index (χ1v) is 11.7. The van der Waals surface area contributed by atoms with Crippen molar-refractivity contribution in [2.45, 2.75) is 5.92 Å². The summed E-state index contributed by atoms with van der Waals surface area (Å²) in [6.07, 6.45) is 0. The molecule has 0 fully saturated rings. The summed E-state index contributed by atoms with van der Waals surface area (Å²) in [5.74, 6) is -0.716. The van der Waals surface area contributed by atoms with Crippen LogP contribution in [0, 0.1) is 0 Å². The molecule has 182 valence electrons. The first-order valence-electron chi connectivity index (χ1n) is 11.7. The van der Waals surface area contributed by atoms with Gasteiger partial charge in [0.25, 0.3) is 5.56 Å². The first-order chi connectivity index (χ1) is 17.9. The fraction of sp³-hybridized carbons (Fsp3) is 0.103. The van der Waals surface area contributed by atoms with Crippen molar-refractivity contribution in [3.8, 4) is 5.75 Å². The molecule has 4 aromatic rings. The van der Waals surface area contributed by atoms with E-state index in [-0.39, 0.29) is 5.78 Å². The number of esters is 1. The van der Waals surface area contributed by atoms with Gasteiger partial charge in [0.05, 0.1) is 16.8 Å². The number of carbonyl (C=O) groups excluding carboxylic acids is 2. The average molecular weight is 492 g/mol. The number of fused-ring (bicyclic) bond motifs is 3. The van der Waals surface area contributed by atoms with E-state index in [0.29, 0.717) is 45.1 Å². The van der Waals surface area contributed by atoms with E-state index in [2.05, 4.69) is 5.32 Å². The topological polar surface area (TPSA) is 99.4 Å². The number of Topliss-reactive ketones (excluding diaryl/α,β-unsaturated/α-hetero) is 1. The molecule has 1 N–H and O–H groups in total. The van der Waals surface area contributed by atoms with Crippen molar-refractivity contribution >= 4 is 23.3 Å². The summed E-state index contributed by atoms with van der Waals surface area (Å²) in [6.45, 7) is 0. The van der Waals surface area contributed by atoms with Crippen LogP contribution < -0.4 is 21.3 Å². The normalized spacial score (nSPS) is 15.5. The van der Waals surface area contributed by atoms with Gasteiger partial charge in [-0.25, -0.2) is 9.59 Å². The van der Waals surface area contributed by atoms with Crippen LogP contribution in [0.1, 0.15) is 43.3 Å². The highest BCUT2D eigenvalue weighted by atomic mass is 16.5. The third kappa shape index (κ3) is 3.37. The van der Waals surface area contributed by atoms with Gasteiger partial charge >= 0.3 is 11.7 Å². The second-order valence-electron chi connectivity index (χ2n) is 9.01. The molecule has 0 saturated carbocycles. The van der Waals surface area contributed by atoms with E-state index in [0.717, 1.165) is 10.1 Å². The fourth-order valence-electron chi connectivity index (χ4n) is 5.06. The van der Waals surface area contributed by atoms with Crippen molar-refractivity contribution < 1.29 is 14.3 Å². The number of nitrogens with zero attached hydrogens (tertiary/aromatic N) is 2. The van der Waals surface area contributed by atoms with E-state index in [1.807, 2.05) is 18.2 Å². The number of carbonyl (C=O) groups is 2. The van der Waals surface area contributed by atoms with Crippen LogP contribution in [0.5, 0.6) is 5.75 Å². The standard InChI is InChI=1S/C29H21N3O5/c1-31-26-23(27(34)32(2)29(31)36)21(22-24(30-26)19-10-6-7-11-20(19)25(22)33)16-12-14-18(15-13-16)37-28(35)17-8-4-3-5-9-17/h3-15,21,30H,1-2H3/t21-/m1/s1. The van der Waals surface area contributed by atoms with Crippen molar-refractivity contribution in [3.63, 3.8) is 0 Å². The van der Waals surface area contributed by atoms with E-state index < -0.39 is 23.1 Å². The van der Waals surface area contributed by atoms with Gasteiger partial charge in [0.2, 0.25) is 0 Å². The molecule has 0 amide bonds. The number of allylic oxidation sites excluding steroid dienone is 1. The van der Waals surface area contributed by atoms with Gasteiger partial charge < -0.3 is 10.1 Å². The number of ether oxygens (including phenoxy) is 1. The third-order valence-corrected chi connectivity index (χ3v) is 6.91. The smallest absolute Gasteiger partial charge is 0.343 e. The summed E-state index contributed by atoms with van der Waals surface area (Å²) in [5, 5.41) is 3.22. The van der Waals surface area contributed by atoms with Gasteiger partial charge in [0.1, 0.15) is 11.6 Å². The lowest BCUT2D eigenvalue weighted by Gasteiger charge is -2.29. The molecule has 0 unspecified atom stereocenters. The molecule has 0 radical (unpaired) electrons. The van der Waals surface area contributed by atoms with Gasteiger partial charge in [-0.3, -0.25) is 18.7 Å². The highest BCUT2D eigenvalue weighted by molar-refractivity contribution is 6.23. The van der Waals surface area contributed by atoms with Gasteiger partial charge in [0.15, 0.2) is 5.78 Å². The minimum atomic E-state index is -0.726.